The monoisotopic (exact) mass is 405 g/mol. The Morgan fingerprint density at radius 3 is 1.57 bits per heavy atom. The van der Waals surface area contributed by atoms with Gasteiger partial charge in [0.25, 0.3) is 0 Å². The van der Waals surface area contributed by atoms with E-state index < -0.39 is 0 Å². The average molecular weight is 406 g/mol. The van der Waals surface area contributed by atoms with Gasteiger partial charge in [-0.1, -0.05) is 60.7 Å². The molecule has 3 N–H and O–H groups in total. The highest BCUT2D eigenvalue weighted by molar-refractivity contribution is 5.92. The number of hydrogen-bond donors (Lipinski definition) is 3. The molecule has 0 fully saturated rings. The third-order valence-electron chi connectivity index (χ3n) is 4.36. The van der Waals surface area contributed by atoms with E-state index in [4.69, 9.17) is 0 Å². The maximum absolute atomic E-state index is 11.8. The molecule has 158 valence electrons. The minimum atomic E-state index is -0.0732. The summed E-state index contributed by atoms with van der Waals surface area (Å²) in [6.45, 7) is 3.07. The predicted molar refractivity (Wildman–Crippen MR) is 124 cm³/mol. The maximum Gasteiger partial charge on any atom is 0.243 e. The van der Waals surface area contributed by atoms with Crippen LogP contribution in [-0.2, 0) is 9.59 Å². The molecule has 0 aliphatic carbocycles. The summed E-state index contributed by atoms with van der Waals surface area (Å²) in [5.74, 6) is -0.139. The van der Waals surface area contributed by atoms with Crippen LogP contribution in [0.5, 0.6) is 0 Å². The zero-order chi connectivity index (χ0) is 21.3. The Morgan fingerprint density at radius 2 is 1.03 bits per heavy atom. The van der Waals surface area contributed by atoms with Gasteiger partial charge in [-0.25, -0.2) is 0 Å². The van der Waals surface area contributed by atoms with Crippen molar-refractivity contribution >= 4 is 24.0 Å². The van der Waals surface area contributed by atoms with Gasteiger partial charge in [0, 0.05) is 25.2 Å². The largest absolute Gasteiger partial charge is 0.353 e. The van der Waals surface area contributed by atoms with E-state index >= 15 is 0 Å². The molecule has 0 bridgehead atoms. The van der Waals surface area contributed by atoms with Crippen LogP contribution in [0.3, 0.4) is 0 Å². The van der Waals surface area contributed by atoms with Gasteiger partial charge in [-0.05, 0) is 55.6 Å². The number of hydrogen-bond acceptors (Lipinski definition) is 3. The molecule has 0 aliphatic heterocycles. The molecule has 0 unspecified atom stereocenters. The molecule has 30 heavy (non-hydrogen) atoms. The summed E-state index contributed by atoms with van der Waals surface area (Å²) in [4.78, 5) is 23.5. The number of carbonyl (C=O) groups excluding carboxylic acids is 2. The van der Waals surface area contributed by atoms with Crippen LogP contribution >= 0.6 is 0 Å². The summed E-state index contributed by atoms with van der Waals surface area (Å²) in [6.07, 6.45) is 9.56. The van der Waals surface area contributed by atoms with Crippen LogP contribution in [0.1, 0.15) is 30.4 Å². The molecular weight excluding hydrogens is 374 g/mol. The second kappa shape index (κ2) is 14.8. The highest BCUT2D eigenvalue weighted by Gasteiger charge is 1.97. The zero-order valence-electron chi connectivity index (χ0n) is 17.3. The van der Waals surface area contributed by atoms with Gasteiger partial charge in [0.05, 0.1) is 0 Å². The van der Waals surface area contributed by atoms with E-state index in [1.54, 1.807) is 12.2 Å². The molecule has 0 saturated heterocycles. The fraction of sp³-hybridized carbons (Fsp3) is 0.280. The Morgan fingerprint density at radius 1 is 0.600 bits per heavy atom. The average Bonchev–Trinajstić information content (AvgIpc) is 2.79. The van der Waals surface area contributed by atoms with Crippen molar-refractivity contribution in [3.05, 3.63) is 83.9 Å². The standard InChI is InChI=1S/C25H31N3O2/c29-24(16-14-22-10-3-1-4-11-22)27-20-8-7-18-26-19-9-21-28-25(30)17-15-23-12-5-2-6-13-23/h1-6,10-17,26H,7-9,18-21H2,(H,27,29)(H,28,30)/b16-14+,17-15+. The molecule has 0 aliphatic rings. The highest BCUT2D eigenvalue weighted by atomic mass is 16.2. The van der Waals surface area contributed by atoms with Crippen molar-refractivity contribution in [2.45, 2.75) is 19.3 Å². The molecule has 5 nitrogen and oxygen atoms in total. The molecule has 0 aromatic heterocycles. The van der Waals surface area contributed by atoms with Gasteiger partial charge >= 0.3 is 0 Å². The van der Waals surface area contributed by atoms with Gasteiger partial charge in [0.2, 0.25) is 11.8 Å². The first-order valence-corrected chi connectivity index (χ1v) is 10.5. The first kappa shape index (κ1) is 23.1. The van der Waals surface area contributed by atoms with E-state index in [0.717, 1.165) is 43.5 Å². The molecule has 0 atom stereocenters. The van der Waals surface area contributed by atoms with Gasteiger partial charge < -0.3 is 16.0 Å². The van der Waals surface area contributed by atoms with Crippen LogP contribution in [0.25, 0.3) is 12.2 Å². The minimum absolute atomic E-state index is 0.0659. The number of unbranched alkanes of at least 4 members (excludes halogenated alkanes) is 1. The van der Waals surface area contributed by atoms with Gasteiger partial charge in [-0.3, -0.25) is 9.59 Å². The first-order valence-electron chi connectivity index (χ1n) is 10.5. The normalized spacial score (nSPS) is 11.1. The molecule has 0 heterocycles. The number of benzene rings is 2. The van der Waals surface area contributed by atoms with Crippen molar-refractivity contribution in [3.8, 4) is 0 Å². The Balaban J connectivity index is 1.40. The van der Waals surface area contributed by atoms with Crippen molar-refractivity contribution in [3.63, 3.8) is 0 Å². The second-order valence-electron chi connectivity index (χ2n) is 6.88. The van der Waals surface area contributed by atoms with Gasteiger partial charge in [-0.15, -0.1) is 0 Å². The lowest BCUT2D eigenvalue weighted by molar-refractivity contribution is -0.117. The van der Waals surface area contributed by atoms with Crippen molar-refractivity contribution in [1.82, 2.24) is 16.0 Å². The van der Waals surface area contributed by atoms with Crippen molar-refractivity contribution in [2.75, 3.05) is 26.2 Å². The maximum atomic E-state index is 11.8. The molecule has 0 saturated carbocycles. The molecule has 2 rings (SSSR count). The number of carbonyl (C=O) groups is 2. The highest BCUT2D eigenvalue weighted by Crippen LogP contribution is 2.01. The number of amides is 2. The molecule has 2 amide bonds. The first-order chi connectivity index (χ1) is 14.7. The van der Waals surface area contributed by atoms with Crippen LogP contribution in [0.2, 0.25) is 0 Å². The minimum Gasteiger partial charge on any atom is -0.353 e. The second-order valence-corrected chi connectivity index (χ2v) is 6.88. The van der Waals surface area contributed by atoms with Crippen molar-refractivity contribution in [1.29, 1.82) is 0 Å². The molecule has 2 aromatic rings. The quantitative estimate of drug-likeness (QED) is 0.353. The molecule has 5 heteroatoms. The fourth-order valence-corrected chi connectivity index (χ4v) is 2.73. The molecule has 0 radical (unpaired) electrons. The summed E-state index contributed by atoms with van der Waals surface area (Å²) in [7, 11) is 0. The Bertz CT molecular complexity index is 732. The van der Waals surface area contributed by atoms with Crippen LogP contribution in [-0.4, -0.2) is 38.0 Å². The van der Waals surface area contributed by atoms with Crippen molar-refractivity contribution in [2.24, 2.45) is 0 Å². The fourth-order valence-electron chi connectivity index (χ4n) is 2.73. The van der Waals surface area contributed by atoms with E-state index in [0.29, 0.717) is 13.1 Å². The summed E-state index contributed by atoms with van der Waals surface area (Å²) in [5.41, 5.74) is 2.03. The van der Waals surface area contributed by atoms with Crippen LogP contribution in [0.4, 0.5) is 0 Å². The van der Waals surface area contributed by atoms with E-state index in [1.165, 1.54) is 0 Å². The van der Waals surface area contributed by atoms with Gasteiger partial charge in [-0.2, -0.15) is 0 Å². The Labute approximate surface area is 179 Å². The summed E-state index contributed by atoms with van der Waals surface area (Å²) in [6, 6.07) is 19.5. The smallest absolute Gasteiger partial charge is 0.243 e. The van der Waals surface area contributed by atoms with Gasteiger partial charge in [0.1, 0.15) is 0 Å². The topological polar surface area (TPSA) is 70.2 Å². The summed E-state index contributed by atoms with van der Waals surface area (Å²) >= 11 is 0. The molecule has 0 spiro atoms. The lowest BCUT2D eigenvalue weighted by Gasteiger charge is -2.06. The van der Waals surface area contributed by atoms with E-state index in [2.05, 4.69) is 16.0 Å². The lowest BCUT2D eigenvalue weighted by Crippen LogP contribution is -2.27. The molecular formula is C25H31N3O2. The summed E-state index contributed by atoms with van der Waals surface area (Å²) in [5, 5.41) is 9.13. The van der Waals surface area contributed by atoms with Crippen LogP contribution < -0.4 is 16.0 Å². The zero-order valence-corrected chi connectivity index (χ0v) is 17.3. The number of rotatable bonds is 13. The Kier molecular flexibility index (Phi) is 11.4. The molecule has 2 aromatic carbocycles. The van der Waals surface area contributed by atoms with E-state index in [-0.39, 0.29) is 11.8 Å². The van der Waals surface area contributed by atoms with Crippen LogP contribution in [0, 0.1) is 0 Å². The van der Waals surface area contributed by atoms with Crippen molar-refractivity contribution < 1.29 is 9.59 Å². The predicted octanol–water partition coefficient (Wildman–Crippen LogP) is 3.41. The van der Waals surface area contributed by atoms with Crippen LogP contribution in [0.15, 0.2) is 72.8 Å². The lowest BCUT2D eigenvalue weighted by atomic mass is 10.2. The third-order valence-corrected chi connectivity index (χ3v) is 4.36. The number of nitrogens with one attached hydrogen (secondary N) is 3. The third kappa shape index (κ3) is 11.0. The van der Waals surface area contributed by atoms with E-state index in [9.17, 15) is 9.59 Å². The van der Waals surface area contributed by atoms with E-state index in [1.807, 2.05) is 72.8 Å². The SMILES string of the molecule is O=C(/C=C/c1ccccc1)NCCCCNCCCNC(=O)/C=C/c1ccccc1. The van der Waals surface area contributed by atoms with Gasteiger partial charge in [0.15, 0.2) is 0 Å². The Hall–Kier alpha value is -3.18. The summed E-state index contributed by atoms with van der Waals surface area (Å²) < 4.78 is 0.